The molecule has 0 spiro atoms. The first-order valence-corrected chi connectivity index (χ1v) is 2.93. The molecule has 1 aliphatic carbocycles. The van der Waals surface area contributed by atoms with Gasteiger partial charge >= 0.3 is 0 Å². The van der Waals surface area contributed by atoms with Gasteiger partial charge < -0.3 is 4.90 Å². The van der Waals surface area contributed by atoms with Gasteiger partial charge in [0, 0.05) is 25.8 Å². The quantitative estimate of drug-likeness (QED) is 0.438. The van der Waals surface area contributed by atoms with Crippen LogP contribution in [0.1, 0.15) is 6.42 Å². The van der Waals surface area contributed by atoms with Crippen LogP contribution >= 0.6 is 37.2 Å². The van der Waals surface area contributed by atoms with Crippen molar-refractivity contribution in [1.29, 1.82) is 0 Å². The van der Waals surface area contributed by atoms with E-state index in [9.17, 15) is 0 Å². The van der Waals surface area contributed by atoms with Gasteiger partial charge in [-0.1, -0.05) is 0 Å². The van der Waals surface area contributed by atoms with Crippen molar-refractivity contribution in [3.8, 4) is 0 Å². The van der Waals surface area contributed by atoms with Crippen LogP contribution in [0, 0.1) is 13.1 Å². The molecule has 1 rings (SSSR count). The van der Waals surface area contributed by atoms with E-state index in [0.29, 0.717) is 0 Å². The van der Waals surface area contributed by atoms with Crippen molar-refractivity contribution in [1.82, 2.24) is 4.90 Å². The van der Waals surface area contributed by atoms with E-state index >= 15 is 0 Å². The summed E-state index contributed by atoms with van der Waals surface area (Å²) in [6.07, 6.45) is 10.0. The Balaban J connectivity index is -0.0000000256. The SMILES string of the molecule is Cl.Cl.Cl.[C-]1=CC=CC1.[CH2-]N(C)C.[Hf]. The third kappa shape index (κ3) is 43.1. The average Bonchev–Trinajstić information content (AvgIpc) is 2.11. The van der Waals surface area contributed by atoms with Crippen LogP contribution in [0.3, 0.4) is 0 Å². The van der Waals surface area contributed by atoms with Crippen LogP contribution in [0.4, 0.5) is 0 Å². The van der Waals surface area contributed by atoms with E-state index in [2.05, 4.69) is 19.2 Å². The monoisotopic (exact) mass is 411 g/mol. The fraction of sp³-hybridized carbons (Fsp3) is 0.375. The molecule has 0 aromatic heterocycles. The molecule has 13 heavy (non-hydrogen) atoms. The molecule has 0 radical (unpaired) electrons. The second-order valence-electron chi connectivity index (χ2n) is 2.08. The van der Waals surface area contributed by atoms with Crippen molar-refractivity contribution >= 4 is 37.2 Å². The Labute approximate surface area is 119 Å². The van der Waals surface area contributed by atoms with Gasteiger partial charge in [0.25, 0.3) is 0 Å². The molecule has 0 amide bonds. The fourth-order valence-electron chi connectivity index (χ4n) is 0.340. The maximum absolute atomic E-state index is 3.47. The van der Waals surface area contributed by atoms with Crippen LogP contribution in [0.5, 0.6) is 0 Å². The smallest absolute Gasteiger partial charge is 0 e. The van der Waals surface area contributed by atoms with E-state index in [4.69, 9.17) is 0 Å². The summed E-state index contributed by atoms with van der Waals surface area (Å²) >= 11 is 0. The second kappa shape index (κ2) is 23.2. The summed E-state index contributed by atoms with van der Waals surface area (Å²) in [5.74, 6) is 0. The number of hydrogen-bond donors (Lipinski definition) is 0. The van der Waals surface area contributed by atoms with Gasteiger partial charge in [-0.25, -0.2) is 12.2 Å². The molecule has 0 atom stereocenters. The van der Waals surface area contributed by atoms with Crippen LogP contribution in [0.25, 0.3) is 0 Å². The van der Waals surface area contributed by atoms with E-state index in [0.717, 1.165) is 6.42 Å². The number of hydrogen-bond acceptors (Lipinski definition) is 1. The molecule has 0 saturated carbocycles. The van der Waals surface area contributed by atoms with Gasteiger partial charge in [-0.2, -0.15) is 6.08 Å². The van der Waals surface area contributed by atoms with E-state index < -0.39 is 0 Å². The van der Waals surface area contributed by atoms with Crippen molar-refractivity contribution in [2.75, 3.05) is 14.1 Å². The Morgan fingerprint density at radius 2 is 1.62 bits per heavy atom. The Kier molecular flexibility index (Phi) is 52.2. The minimum Gasteiger partial charge on any atom is -0.464 e. The van der Waals surface area contributed by atoms with Gasteiger partial charge in [-0.05, 0) is 14.1 Å². The summed E-state index contributed by atoms with van der Waals surface area (Å²) < 4.78 is 0. The topological polar surface area (TPSA) is 3.24 Å². The summed E-state index contributed by atoms with van der Waals surface area (Å²) in [5.41, 5.74) is 0. The van der Waals surface area contributed by atoms with Gasteiger partial charge in [-0.15, -0.1) is 43.6 Å². The van der Waals surface area contributed by atoms with Gasteiger partial charge in [0.2, 0.25) is 0 Å². The van der Waals surface area contributed by atoms with Crippen molar-refractivity contribution < 1.29 is 25.8 Å². The molecule has 0 saturated heterocycles. The summed E-state index contributed by atoms with van der Waals surface area (Å²) in [7, 11) is 7.25. The first-order valence-electron chi connectivity index (χ1n) is 2.93. The van der Waals surface area contributed by atoms with Crippen LogP contribution in [0.2, 0.25) is 0 Å². The van der Waals surface area contributed by atoms with Crippen LogP contribution in [0.15, 0.2) is 18.2 Å². The minimum atomic E-state index is 0. The van der Waals surface area contributed by atoms with Gasteiger partial charge in [0.15, 0.2) is 0 Å². The number of allylic oxidation sites excluding steroid dienone is 4. The molecule has 0 bridgehead atoms. The predicted molar refractivity (Wildman–Crippen MR) is 62.4 cm³/mol. The van der Waals surface area contributed by atoms with E-state index in [1.807, 2.05) is 26.2 Å². The zero-order valence-corrected chi connectivity index (χ0v) is 13.9. The fourth-order valence-corrected chi connectivity index (χ4v) is 0.340. The minimum absolute atomic E-state index is 0. The molecule has 5 heteroatoms. The van der Waals surface area contributed by atoms with Crippen LogP contribution in [-0.4, -0.2) is 19.0 Å². The van der Waals surface area contributed by atoms with Gasteiger partial charge in [0.1, 0.15) is 0 Å². The van der Waals surface area contributed by atoms with Crippen molar-refractivity contribution in [3.63, 3.8) is 0 Å². The number of nitrogens with zero attached hydrogens (tertiary/aromatic N) is 1. The number of halogens is 3. The molecule has 0 heterocycles. The molecule has 0 aromatic rings. The average molecular weight is 411 g/mol. The third-order valence-electron chi connectivity index (χ3n) is 0.586. The summed E-state index contributed by atoms with van der Waals surface area (Å²) in [5, 5.41) is 0. The Bertz CT molecular complexity index is 103. The van der Waals surface area contributed by atoms with Crippen molar-refractivity contribution in [2.24, 2.45) is 0 Å². The van der Waals surface area contributed by atoms with Crippen molar-refractivity contribution in [3.05, 3.63) is 31.4 Å². The Morgan fingerprint density at radius 3 is 1.69 bits per heavy atom. The summed E-state index contributed by atoms with van der Waals surface area (Å²) in [6, 6.07) is 0. The molecule has 0 unspecified atom stereocenters. The molecule has 0 N–H and O–H groups in total. The largest absolute Gasteiger partial charge is 0.464 e. The molecule has 1 nitrogen and oxygen atoms in total. The van der Waals surface area contributed by atoms with Crippen LogP contribution < -0.4 is 0 Å². The molecule has 1 aliphatic rings. The number of rotatable bonds is 0. The predicted octanol–water partition coefficient (Wildman–Crippen LogP) is 2.91. The van der Waals surface area contributed by atoms with E-state index in [-0.39, 0.29) is 63.1 Å². The van der Waals surface area contributed by atoms with Gasteiger partial charge in [0.05, 0.1) is 0 Å². The molecule has 0 fully saturated rings. The first-order chi connectivity index (χ1) is 4.23. The molecule has 0 aliphatic heterocycles. The zero-order valence-electron chi connectivity index (χ0n) is 7.82. The van der Waals surface area contributed by atoms with Gasteiger partial charge in [-0.3, -0.25) is 13.1 Å². The molecule has 80 valence electrons. The molecule has 0 aromatic carbocycles. The Morgan fingerprint density at radius 1 is 1.23 bits per heavy atom. The van der Waals surface area contributed by atoms with E-state index in [1.54, 1.807) is 4.90 Å². The molecular weight excluding hydrogens is 395 g/mol. The maximum atomic E-state index is 3.47. The maximum Gasteiger partial charge on any atom is 0 e. The summed E-state index contributed by atoms with van der Waals surface area (Å²) in [6.45, 7) is 0. The molecular formula is C8H16Cl3HfN-2. The normalized spacial score (nSPS) is 9.54. The third-order valence-corrected chi connectivity index (χ3v) is 0.586. The van der Waals surface area contributed by atoms with Crippen LogP contribution in [-0.2, 0) is 25.8 Å². The summed E-state index contributed by atoms with van der Waals surface area (Å²) in [4.78, 5) is 1.75. The Hall–Kier alpha value is 1.18. The first kappa shape index (κ1) is 29.2. The zero-order chi connectivity index (χ0) is 7.11. The second-order valence-corrected chi connectivity index (χ2v) is 2.08. The standard InChI is InChI=1S/C5H5.C3H8N.3ClH.Hf/c1-2-4-5-3-1;1-4(2)3;;;;/h1-3H,4H2;1H2,2-3H3;3*1H;/q2*-1;;;;. The van der Waals surface area contributed by atoms with Crippen molar-refractivity contribution in [2.45, 2.75) is 6.42 Å². The van der Waals surface area contributed by atoms with E-state index in [1.165, 1.54) is 0 Å².